The van der Waals surface area contributed by atoms with E-state index in [2.05, 4.69) is 0 Å². The maximum atomic E-state index is 12.9. The van der Waals surface area contributed by atoms with Crippen molar-refractivity contribution in [2.24, 2.45) is 0 Å². The predicted molar refractivity (Wildman–Crippen MR) is 60.6 cm³/mol. The van der Waals surface area contributed by atoms with E-state index in [9.17, 15) is 9.50 Å². The molecule has 1 atom stereocenters. The van der Waals surface area contributed by atoms with Gasteiger partial charge in [0.15, 0.2) is 0 Å². The quantitative estimate of drug-likeness (QED) is 0.820. The van der Waals surface area contributed by atoms with E-state index in [4.69, 9.17) is 11.6 Å². The maximum Gasteiger partial charge on any atom is 0.123 e. The molecule has 84 valence electrons. The zero-order valence-electron chi connectivity index (χ0n) is 8.84. The fraction of sp³-hybridized carbons (Fsp3) is 0.500. The molecule has 0 saturated carbocycles. The molecule has 0 aromatic heterocycles. The van der Waals surface area contributed by atoms with Crippen LogP contribution in [0.3, 0.4) is 0 Å². The third-order valence-electron chi connectivity index (χ3n) is 2.38. The Hall–Kier alpha value is -0.600. The van der Waals surface area contributed by atoms with E-state index in [1.54, 1.807) is 6.07 Å². The first-order chi connectivity index (χ1) is 7.13. The summed E-state index contributed by atoms with van der Waals surface area (Å²) in [6.07, 6.45) is 2.69. The minimum Gasteiger partial charge on any atom is -0.393 e. The molecule has 0 aliphatic rings. The average molecular weight is 231 g/mol. The van der Waals surface area contributed by atoms with E-state index < -0.39 is 0 Å². The summed E-state index contributed by atoms with van der Waals surface area (Å²) in [7, 11) is 0. The number of hydrogen-bond acceptors (Lipinski definition) is 1. The van der Waals surface area contributed by atoms with Crippen LogP contribution in [0.25, 0.3) is 0 Å². The minimum atomic E-state index is -0.311. The Morgan fingerprint density at radius 1 is 1.40 bits per heavy atom. The number of hydrogen-bond donors (Lipinski definition) is 1. The van der Waals surface area contributed by atoms with Crippen LogP contribution in [0.5, 0.6) is 0 Å². The van der Waals surface area contributed by atoms with Gasteiger partial charge in [0, 0.05) is 5.02 Å². The van der Waals surface area contributed by atoms with Crippen LogP contribution in [-0.4, -0.2) is 11.2 Å². The molecule has 0 radical (unpaired) electrons. The van der Waals surface area contributed by atoms with Gasteiger partial charge in [-0.3, -0.25) is 0 Å². The molecular formula is C12H16ClFO. The van der Waals surface area contributed by atoms with Crippen LogP contribution >= 0.6 is 11.6 Å². The number of aryl methyl sites for hydroxylation is 1. The monoisotopic (exact) mass is 230 g/mol. The third-order valence-corrected chi connectivity index (χ3v) is 2.75. The van der Waals surface area contributed by atoms with Gasteiger partial charge in [-0.2, -0.15) is 0 Å². The van der Waals surface area contributed by atoms with Crippen LogP contribution in [0.15, 0.2) is 18.2 Å². The van der Waals surface area contributed by atoms with E-state index in [0.29, 0.717) is 17.9 Å². The van der Waals surface area contributed by atoms with E-state index in [1.165, 1.54) is 12.1 Å². The maximum absolute atomic E-state index is 12.9. The largest absolute Gasteiger partial charge is 0.393 e. The molecule has 0 fully saturated rings. The van der Waals surface area contributed by atoms with E-state index in [1.807, 2.05) is 6.92 Å². The van der Waals surface area contributed by atoms with Gasteiger partial charge in [-0.15, -0.1) is 0 Å². The summed E-state index contributed by atoms with van der Waals surface area (Å²) in [5.74, 6) is -0.278. The number of halogens is 2. The average Bonchev–Trinajstić information content (AvgIpc) is 2.20. The Morgan fingerprint density at radius 2 is 2.13 bits per heavy atom. The third kappa shape index (κ3) is 4.18. The van der Waals surface area contributed by atoms with Crippen LogP contribution in [0.4, 0.5) is 4.39 Å². The topological polar surface area (TPSA) is 20.2 Å². The molecule has 1 aromatic rings. The van der Waals surface area contributed by atoms with Crippen molar-refractivity contribution in [3.63, 3.8) is 0 Å². The van der Waals surface area contributed by atoms with Gasteiger partial charge in [0.05, 0.1) is 6.10 Å². The number of aliphatic hydroxyl groups is 1. The minimum absolute atomic E-state index is 0.278. The van der Waals surface area contributed by atoms with Crippen molar-refractivity contribution in [1.82, 2.24) is 0 Å². The lowest BCUT2D eigenvalue weighted by molar-refractivity contribution is 0.154. The van der Waals surface area contributed by atoms with Crippen LogP contribution < -0.4 is 0 Å². The Labute approximate surface area is 94.9 Å². The van der Waals surface area contributed by atoms with Crippen molar-refractivity contribution in [2.45, 2.75) is 38.7 Å². The highest BCUT2D eigenvalue weighted by Crippen LogP contribution is 2.19. The summed E-state index contributed by atoms with van der Waals surface area (Å²) in [6.45, 7) is 2.03. The van der Waals surface area contributed by atoms with Crippen molar-refractivity contribution in [2.75, 3.05) is 0 Å². The molecule has 0 aliphatic heterocycles. The highest BCUT2D eigenvalue weighted by atomic mass is 35.5. The van der Waals surface area contributed by atoms with Gasteiger partial charge >= 0.3 is 0 Å². The first-order valence-electron chi connectivity index (χ1n) is 5.25. The fourth-order valence-corrected chi connectivity index (χ4v) is 1.75. The molecule has 0 heterocycles. The standard InChI is InChI=1S/C12H16ClFO/c1-2-3-11(15)6-4-9-8-10(14)5-7-12(9)13/h5,7-8,11,15H,2-4,6H2,1H3. The predicted octanol–water partition coefficient (Wildman–Crippen LogP) is 3.57. The lowest BCUT2D eigenvalue weighted by atomic mass is 10.0. The summed E-state index contributed by atoms with van der Waals surface area (Å²) < 4.78 is 12.9. The summed E-state index contributed by atoms with van der Waals surface area (Å²) in [5.41, 5.74) is 0.770. The SMILES string of the molecule is CCCC(O)CCc1cc(F)ccc1Cl. The zero-order valence-corrected chi connectivity index (χ0v) is 9.60. The molecule has 3 heteroatoms. The van der Waals surface area contributed by atoms with Crippen LogP contribution in [0.1, 0.15) is 31.7 Å². The second kappa shape index (κ2) is 6.09. The summed E-state index contributed by atoms with van der Waals surface area (Å²) in [4.78, 5) is 0. The zero-order chi connectivity index (χ0) is 11.3. The lowest BCUT2D eigenvalue weighted by Gasteiger charge is -2.09. The van der Waals surface area contributed by atoms with Gasteiger partial charge in [-0.1, -0.05) is 24.9 Å². The van der Waals surface area contributed by atoms with Crippen LogP contribution in [-0.2, 0) is 6.42 Å². The molecule has 1 rings (SSSR count). The number of rotatable bonds is 5. The second-order valence-corrected chi connectivity index (χ2v) is 4.12. The molecule has 15 heavy (non-hydrogen) atoms. The molecule has 1 unspecified atom stereocenters. The van der Waals surface area contributed by atoms with Crippen molar-refractivity contribution in [1.29, 1.82) is 0 Å². The van der Waals surface area contributed by atoms with E-state index >= 15 is 0 Å². The first-order valence-corrected chi connectivity index (χ1v) is 5.63. The van der Waals surface area contributed by atoms with Crippen molar-refractivity contribution < 1.29 is 9.50 Å². The van der Waals surface area contributed by atoms with Gasteiger partial charge in [0.25, 0.3) is 0 Å². The Balaban J connectivity index is 2.53. The molecular weight excluding hydrogens is 215 g/mol. The van der Waals surface area contributed by atoms with E-state index in [-0.39, 0.29) is 11.9 Å². The Kier molecular flexibility index (Phi) is 5.06. The highest BCUT2D eigenvalue weighted by Gasteiger charge is 2.06. The van der Waals surface area contributed by atoms with Crippen LogP contribution in [0.2, 0.25) is 5.02 Å². The fourth-order valence-electron chi connectivity index (χ4n) is 1.53. The molecule has 0 amide bonds. The molecule has 1 N–H and O–H groups in total. The molecule has 1 aromatic carbocycles. The van der Waals surface area contributed by atoms with Gasteiger partial charge < -0.3 is 5.11 Å². The molecule has 0 aliphatic carbocycles. The van der Waals surface area contributed by atoms with Crippen molar-refractivity contribution in [3.05, 3.63) is 34.6 Å². The summed E-state index contributed by atoms with van der Waals surface area (Å²) in [5, 5.41) is 10.1. The Bertz CT molecular complexity index is 314. The van der Waals surface area contributed by atoms with Gasteiger partial charge in [-0.05, 0) is 43.0 Å². The van der Waals surface area contributed by atoms with Crippen molar-refractivity contribution in [3.8, 4) is 0 Å². The molecule has 1 nitrogen and oxygen atoms in total. The number of aliphatic hydroxyl groups excluding tert-OH is 1. The Morgan fingerprint density at radius 3 is 2.80 bits per heavy atom. The number of benzene rings is 1. The molecule has 0 saturated heterocycles. The second-order valence-electron chi connectivity index (χ2n) is 3.72. The lowest BCUT2D eigenvalue weighted by Crippen LogP contribution is -2.07. The van der Waals surface area contributed by atoms with Crippen molar-refractivity contribution >= 4 is 11.6 Å². The van der Waals surface area contributed by atoms with Crippen LogP contribution in [0, 0.1) is 5.82 Å². The van der Waals surface area contributed by atoms with Gasteiger partial charge in [0.2, 0.25) is 0 Å². The normalized spacial score (nSPS) is 12.8. The van der Waals surface area contributed by atoms with Gasteiger partial charge in [0.1, 0.15) is 5.82 Å². The molecule has 0 bridgehead atoms. The smallest absolute Gasteiger partial charge is 0.123 e. The first kappa shape index (κ1) is 12.5. The van der Waals surface area contributed by atoms with E-state index in [0.717, 1.165) is 18.4 Å². The highest BCUT2D eigenvalue weighted by molar-refractivity contribution is 6.31. The summed E-state index contributed by atoms with van der Waals surface area (Å²) in [6, 6.07) is 4.33. The summed E-state index contributed by atoms with van der Waals surface area (Å²) >= 11 is 5.91. The van der Waals surface area contributed by atoms with Gasteiger partial charge in [-0.25, -0.2) is 4.39 Å². The molecule has 0 spiro atoms.